The molecule has 1 aromatic carbocycles. The Kier molecular flexibility index (Phi) is 4.49. The Morgan fingerprint density at radius 3 is 2.77 bits per heavy atom. The van der Waals surface area contributed by atoms with Gasteiger partial charge in [-0.1, -0.05) is 23.4 Å². The number of rotatable bonds is 5. The second-order valence-corrected chi connectivity index (χ2v) is 8.69. The second-order valence-electron chi connectivity index (χ2n) is 8.69. The summed E-state index contributed by atoms with van der Waals surface area (Å²) in [6.45, 7) is 5.88. The summed E-state index contributed by atoms with van der Waals surface area (Å²) in [5.41, 5.74) is 3.80. The number of fused-ring (bicyclic) bond motifs is 4. The van der Waals surface area contributed by atoms with Gasteiger partial charge in [0.2, 0.25) is 0 Å². The van der Waals surface area contributed by atoms with Crippen molar-refractivity contribution in [2.45, 2.75) is 32.3 Å². The van der Waals surface area contributed by atoms with Gasteiger partial charge in [0.25, 0.3) is 5.89 Å². The summed E-state index contributed by atoms with van der Waals surface area (Å²) < 4.78 is 13.8. The highest BCUT2D eigenvalue weighted by atomic mass is 16.5. The molecule has 6 heterocycles. The number of hydrogen-bond donors (Lipinski definition) is 0. The number of benzene rings is 1. The first kappa shape index (κ1) is 18.6. The normalized spacial score (nSPS) is 22.8. The fraction of sp³-hybridized carbons (Fsp3) is 0.375. The molecule has 3 saturated heterocycles. The molecule has 7 rings (SSSR count). The fourth-order valence-corrected chi connectivity index (χ4v) is 4.90. The Balaban J connectivity index is 1.23. The van der Waals surface area contributed by atoms with Crippen molar-refractivity contribution in [2.75, 3.05) is 19.6 Å². The van der Waals surface area contributed by atoms with E-state index in [2.05, 4.69) is 34.2 Å². The van der Waals surface area contributed by atoms with Gasteiger partial charge in [0.05, 0.1) is 11.3 Å². The highest BCUT2D eigenvalue weighted by molar-refractivity contribution is 5.62. The number of hydrogen-bond acceptors (Lipinski definition) is 6. The van der Waals surface area contributed by atoms with Crippen LogP contribution in [-0.4, -0.2) is 44.1 Å². The van der Waals surface area contributed by atoms with E-state index in [-0.39, 0.29) is 0 Å². The van der Waals surface area contributed by atoms with Gasteiger partial charge in [-0.15, -0.1) is 0 Å². The number of aromatic nitrogens is 4. The van der Waals surface area contributed by atoms with E-state index < -0.39 is 0 Å². The molecule has 4 aromatic rings. The zero-order valence-corrected chi connectivity index (χ0v) is 17.6. The third-order valence-corrected chi connectivity index (χ3v) is 6.57. The molecule has 31 heavy (non-hydrogen) atoms. The minimum absolute atomic E-state index is 0.370. The van der Waals surface area contributed by atoms with E-state index in [9.17, 15) is 0 Å². The molecular weight excluding hydrogens is 390 g/mol. The van der Waals surface area contributed by atoms with Gasteiger partial charge in [-0.3, -0.25) is 0 Å². The van der Waals surface area contributed by atoms with E-state index in [1.165, 1.54) is 31.5 Å². The van der Waals surface area contributed by atoms with Gasteiger partial charge in [-0.25, -0.2) is 4.98 Å². The molecule has 3 fully saturated rings. The van der Waals surface area contributed by atoms with E-state index >= 15 is 0 Å². The molecule has 0 spiro atoms. The van der Waals surface area contributed by atoms with Crippen molar-refractivity contribution in [3.63, 3.8) is 0 Å². The number of para-hydroxylation sites is 1. The van der Waals surface area contributed by atoms with Gasteiger partial charge in [-0.2, -0.15) is 4.98 Å². The first-order chi connectivity index (χ1) is 15.2. The van der Waals surface area contributed by atoms with Gasteiger partial charge in [0, 0.05) is 24.9 Å². The van der Waals surface area contributed by atoms with Crippen molar-refractivity contribution in [1.82, 2.24) is 24.4 Å². The number of nitrogens with zero attached hydrogens (tertiary/aromatic N) is 5. The summed E-state index contributed by atoms with van der Waals surface area (Å²) >= 11 is 0. The van der Waals surface area contributed by atoms with Crippen molar-refractivity contribution in [3.05, 3.63) is 65.9 Å². The first-order valence-corrected chi connectivity index (χ1v) is 11.0. The maximum atomic E-state index is 6.13. The van der Waals surface area contributed by atoms with Crippen LogP contribution in [0.5, 0.6) is 5.75 Å². The third kappa shape index (κ3) is 3.49. The van der Waals surface area contributed by atoms with Gasteiger partial charge in [-0.05, 0) is 62.5 Å². The number of imidazole rings is 1. The van der Waals surface area contributed by atoms with Gasteiger partial charge < -0.3 is 18.6 Å². The van der Waals surface area contributed by atoms with Crippen molar-refractivity contribution in [2.24, 2.45) is 5.92 Å². The Bertz CT molecular complexity index is 1220. The van der Waals surface area contributed by atoms with Gasteiger partial charge >= 0.3 is 0 Å². The van der Waals surface area contributed by atoms with E-state index in [0.29, 0.717) is 24.3 Å². The zero-order chi connectivity index (χ0) is 20.8. The Hall–Kier alpha value is -3.19. The average molecular weight is 415 g/mol. The molecule has 3 aliphatic heterocycles. The highest BCUT2D eigenvalue weighted by Crippen LogP contribution is 2.39. The quantitative estimate of drug-likeness (QED) is 0.489. The summed E-state index contributed by atoms with van der Waals surface area (Å²) in [6.07, 6.45) is 6.52. The molecule has 0 amide bonds. The van der Waals surface area contributed by atoms with Crippen molar-refractivity contribution < 1.29 is 9.26 Å². The molecule has 3 aromatic heterocycles. The fourth-order valence-electron chi connectivity index (χ4n) is 4.90. The van der Waals surface area contributed by atoms with Crippen LogP contribution in [0.2, 0.25) is 0 Å². The van der Waals surface area contributed by atoms with Crippen molar-refractivity contribution in [3.8, 4) is 17.2 Å². The summed E-state index contributed by atoms with van der Waals surface area (Å²) in [5, 5.41) is 4.35. The van der Waals surface area contributed by atoms with Crippen LogP contribution >= 0.6 is 0 Å². The van der Waals surface area contributed by atoms with Crippen LogP contribution in [0.4, 0.5) is 0 Å². The Morgan fingerprint density at radius 2 is 1.94 bits per heavy atom. The summed E-state index contributed by atoms with van der Waals surface area (Å²) in [6, 6.07) is 11.9. The number of ether oxygens (including phenoxy) is 1. The molecule has 1 atom stereocenters. The van der Waals surface area contributed by atoms with E-state index in [1.54, 1.807) is 0 Å². The van der Waals surface area contributed by atoms with E-state index in [0.717, 1.165) is 35.0 Å². The molecule has 1 unspecified atom stereocenters. The summed E-state index contributed by atoms with van der Waals surface area (Å²) in [4.78, 5) is 11.9. The van der Waals surface area contributed by atoms with Crippen molar-refractivity contribution >= 4 is 5.65 Å². The molecule has 0 N–H and O–H groups in total. The van der Waals surface area contributed by atoms with Gasteiger partial charge in [0.15, 0.2) is 5.82 Å². The molecule has 7 nitrogen and oxygen atoms in total. The Morgan fingerprint density at radius 1 is 1.06 bits per heavy atom. The lowest BCUT2D eigenvalue weighted by atomic mass is 9.79. The number of aryl methyl sites for hydroxylation is 1. The molecule has 0 saturated carbocycles. The maximum Gasteiger partial charge on any atom is 0.261 e. The highest BCUT2D eigenvalue weighted by Gasteiger charge is 2.37. The zero-order valence-electron chi connectivity index (χ0n) is 17.6. The van der Waals surface area contributed by atoms with Crippen LogP contribution in [0.15, 0.2) is 53.3 Å². The number of pyridine rings is 1. The van der Waals surface area contributed by atoms with Crippen LogP contribution in [0.25, 0.3) is 17.1 Å². The van der Waals surface area contributed by atoms with E-state index in [4.69, 9.17) is 14.2 Å². The average Bonchev–Trinajstić information content (AvgIpc) is 3.45. The predicted molar refractivity (Wildman–Crippen MR) is 116 cm³/mol. The Labute approximate surface area is 180 Å². The molecule has 2 bridgehead atoms. The van der Waals surface area contributed by atoms with Crippen LogP contribution in [0.3, 0.4) is 0 Å². The van der Waals surface area contributed by atoms with Crippen LogP contribution in [0.1, 0.15) is 35.8 Å². The first-order valence-electron chi connectivity index (χ1n) is 11.0. The molecule has 0 radical (unpaired) electrons. The standard InChI is InChI=1S/C24H25N5O2/c1-16-6-7-22-25-18(13-29(22)12-16)15-30-21-5-3-2-4-19(21)24-26-23(27-31-24)20-14-28-10-8-17(20)9-11-28/h2-7,12-13,17,20H,8-11,14-15H2,1H3. The smallest absolute Gasteiger partial charge is 0.261 e. The lowest BCUT2D eigenvalue weighted by molar-refractivity contribution is 0.0825. The lowest BCUT2D eigenvalue weighted by Gasteiger charge is -2.43. The summed E-state index contributed by atoms with van der Waals surface area (Å²) in [7, 11) is 0. The lowest BCUT2D eigenvalue weighted by Crippen LogP contribution is -2.46. The van der Waals surface area contributed by atoms with Crippen LogP contribution in [0, 0.1) is 12.8 Å². The molecule has 3 aliphatic rings. The molecule has 7 heteroatoms. The SMILES string of the molecule is Cc1ccc2nc(COc3ccccc3-c3nc(C4CN5CCC4CC5)no3)cn2c1. The van der Waals surface area contributed by atoms with Crippen LogP contribution < -0.4 is 4.74 Å². The molecule has 158 valence electrons. The largest absolute Gasteiger partial charge is 0.486 e. The monoisotopic (exact) mass is 415 g/mol. The topological polar surface area (TPSA) is 68.7 Å². The summed E-state index contributed by atoms with van der Waals surface area (Å²) in [5.74, 6) is 3.11. The second kappa shape index (κ2) is 7.50. The molecular formula is C24H25N5O2. The number of piperidine rings is 3. The van der Waals surface area contributed by atoms with Crippen LogP contribution in [-0.2, 0) is 6.61 Å². The predicted octanol–water partition coefficient (Wildman–Crippen LogP) is 4.08. The van der Waals surface area contributed by atoms with E-state index in [1.807, 2.05) is 40.9 Å². The van der Waals surface area contributed by atoms with Crippen molar-refractivity contribution in [1.29, 1.82) is 0 Å². The van der Waals surface area contributed by atoms with Gasteiger partial charge in [0.1, 0.15) is 18.0 Å². The minimum atomic E-state index is 0.370. The minimum Gasteiger partial charge on any atom is -0.486 e. The molecule has 0 aliphatic carbocycles. The maximum absolute atomic E-state index is 6.13. The third-order valence-electron chi connectivity index (χ3n) is 6.57.